The average molecular weight is 351 g/mol. The molecule has 2 heterocycles. The lowest BCUT2D eigenvalue weighted by Crippen LogP contribution is -2.13. The molecule has 0 bridgehead atoms. The summed E-state index contributed by atoms with van der Waals surface area (Å²) < 4.78 is 2.38. The molecule has 0 aliphatic carbocycles. The second-order valence-electron chi connectivity index (χ2n) is 4.13. The van der Waals surface area contributed by atoms with Gasteiger partial charge in [0.1, 0.15) is 0 Å². The average Bonchev–Trinajstić information content (AvgIpc) is 2.79. The maximum absolute atomic E-state index is 12.3. The zero-order valence-electron chi connectivity index (χ0n) is 10.2. The van der Waals surface area contributed by atoms with Crippen LogP contribution in [0, 0.1) is 0 Å². The molecule has 0 saturated carbocycles. The number of fused-ring (bicyclic) bond motifs is 1. The van der Waals surface area contributed by atoms with E-state index in [-0.39, 0.29) is 11.6 Å². The number of nitrogens with zero attached hydrogens (tertiary/aromatic N) is 2. The number of halogens is 2. The molecule has 0 aliphatic rings. The molecule has 1 aromatic carbocycles. The van der Waals surface area contributed by atoms with Crippen molar-refractivity contribution in [3.8, 4) is 0 Å². The second kappa shape index (κ2) is 5.26. The summed E-state index contributed by atoms with van der Waals surface area (Å²) in [6, 6.07) is 12.8. The van der Waals surface area contributed by atoms with E-state index in [1.54, 1.807) is 16.8 Å². The van der Waals surface area contributed by atoms with Crippen molar-refractivity contribution < 1.29 is 4.79 Å². The van der Waals surface area contributed by atoms with Gasteiger partial charge in [-0.3, -0.25) is 4.79 Å². The third kappa shape index (κ3) is 2.30. The number of hydrogen-bond acceptors (Lipinski definition) is 2. The highest BCUT2D eigenvalue weighted by Crippen LogP contribution is 2.25. The van der Waals surface area contributed by atoms with Crippen LogP contribution in [0.2, 0.25) is 5.02 Å². The summed E-state index contributed by atoms with van der Waals surface area (Å²) >= 11 is 9.58. The summed E-state index contributed by atoms with van der Waals surface area (Å²) in [5.41, 5.74) is 1.57. The number of anilines is 1. The minimum atomic E-state index is -0.342. The van der Waals surface area contributed by atoms with E-state index >= 15 is 0 Å². The van der Waals surface area contributed by atoms with Crippen LogP contribution >= 0.6 is 27.5 Å². The number of amides is 1. The van der Waals surface area contributed by atoms with E-state index < -0.39 is 0 Å². The van der Waals surface area contributed by atoms with Crippen LogP contribution in [0.5, 0.6) is 0 Å². The van der Waals surface area contributed by atoms with E-state index in [4.69, 9.17) is 11.6 Å². The molecule has 0 radical (unpaired) electrons. The molecule has 3 aromatic rings. The van der Waals surface area contributed by atoms with Gasteiger partial charge in [-0.1, -0.05) is 29.8 Å². The first-order chi connectivity index (χ1) is 9.66. The highest BCUT2D eigenvalue weighted by molar-refractivity contribution is 9.10. The van der Waals surface area contributed by atoms with Crippen molar-refractivity contribution in [3.05, 3.63) is 63.9 Å². The highest BCUT2D eigenvalue weighted by atomic mass is 79.9. The number of carbonyl (C=O) groups excluding carboxylic acids is 1. The summed E-state index contributed by atoms with van der Waals surface area (Å²) in [6.07, 6.45) is 1.75. The van der Waals surface area contributed by atoms with Crippen LogP contribution in [0.3, 0.4) is 0 Å². The molecule has 0 fully saturated rings. The van der Waals surface area contributed by atoms with Crippen LogP contribution < -0.4 is 5.32 Å². The van der Waals surface area contributed by atoms with E-state index in [1.165, 1.54) is 0 Å². The quantitative estimate of drug-likeness (QED) is 0.759. The Hall–Kier alpha value is -1.85. The summed E-state index contributed by atoms with van der Waals surface area (Å²) in [6.45, 7) is 0. The first-order valence-corrected chi connectivity index (χ1v) is 7.02. The Morgan fingerprint density at radius 1 is 1.20 bits per heavy atom. The number of carbonyl (C=O) groups is 1. The SMILES string of the molecule is O=C(Nc1ccccc1Br)c1nn2ccccc2c1Cl. The number of aromatic nitrogens is 2. The van der Waals surface area contributed by atoms with E-state index in [0.29, 0.717) is 16.2 Å². The molecule has 100 valence electrons. The molecule has 0 spiro atoms. The van der Waals surface area contributed by atoms with Gasteiger partial charge in [-0.05, 0) is 40.2 Å². The lowest BCUT2D eigenvalue weighted by atomic mass is 10.3. The van der Waals surface area contributed by atoms with Crippen LogP contribution in [0.1, 0.15) is 10.5 Å². The minimum Gasteiger partial charge on any atom is -0.319 e. The van der Waals surface area contributed by atoms with Crippen LogP contribution in [-0.4, -0.2) is 15.5 Å². The summed E-state index contributed by atoms with van der Waals surface area (Å²) in [4.78, 5) is 12.3. The fourth-order valence-electron chi connectivity index (χ4n) is 1.86. The number of para-hydroxylation sites is 1. The number of benzene rings is 1. The monoisotopic (exact) mass is 349 g/mol. The van der Waals surface area contributed by atoms with E-state index in [9.17, 15) is 4.79 Å². The van der Waals surface area contributed by atoms with Gasteiger partial charge in [0.15, 0.2) is 5.69 Å². The number of rotatable bonds is 2. The molecule has 20 heavy (non-hydrogen) atoms. The Balaban J connectivity index is 1.97. The lowest BCUT2D eigenvalue weighted by molar-refractivity contribution is 0.102. The van der Waals surface area contributed by atoms with Crippen molar-refractivity contribution in [2.24, 2.45) is 0 Å². The van der Waals surface area contributed by atoms with E-state index in [2.05, 4.69) is 26.3 Å². The Kier molecular flexibility index (Phi) is 3.46. The topological polar surface area (TPSA) is 46.4 Å². The van der Waals surface area contributed by atoms with Crippen molar-refractivity contribution in [3.63, 3.8) is 0 Å². The van der Waals surface area contributed by atoms with Crippen molar-refractivity contribution in [1.82, 2.24) is 9.61 Å². The first-order valence-electron chi connectivity index (χ1n) is 5.85. The zero-order chi connectivity index (χ0) is 14.1. The Morgan fingerprint density at radius 3 is 2.70 bits per heavy atom. The third-order valence-electron chi connectivity index (χ3n) is 2.82. The van der Waals surface area contributed by atoms with Gasteiger partial charge >= 0.3 is 0 Å². The maximum atomic E-state index is 12.3. The van der Waals surface area contributed by atoms with E-state index in [0.717, 1.165) is 4.47 Å². The third-order valence-corrected chi connectivity index (χ3v) is 3.88. The van der Waals surface area contributed by atoms with Gasteiger partial charge in [0, 0.05) is 10.7 Å². The highest BCUT2D eigenvalue weighted by Gasteiger charge is 2.18. The van der Waals surface area contributed by atoms with Crippen molar-refractivity contribution in [2.45, 2.75) is 0 Å². The van der Waals surface area contributed by atoms with Gasteiger partial charge < -0.3 is 5.32 Å². The normalized spacial score (nSPS) is 10.7. The molecule has 1 N–H and O–H groups in total. The van der Waals surface area contributed by atoms with Gasteiger partial charge in [0.2, 0.25) is 0 Å². The molecule has 4 nitrogen and oxygen atoms in total. The van der Waals surface area contributed by atoms with Crippen molar-refractivity contribution >= 4 is 44.6 Å². The van der Waals surface area contributed by atoms with Crippen LogP contribution in [0.15, 0.2) is 53.1 Å². The molecule has 0 unspecified atom stereocenters. The Bertz CT molecular complexity index is 800. The van der Waals surface area contributed by atoms with Gasteiger partial charge in [-0.15, -0.1) is 0 Å². The lowest BCUT2D eigenvalue weighted by Gasteiger charge is -2.05. The predicted molar refractivity (Wildman–Crippen MR) is 82.3 cm³/mol. The largest absolute Gasteiger partial charge is 0.319 e. The van der Waals surface area contributed by atoms with Crippen LogP contribution in [0.4, 0.5) is 5.69 Å². The Labute approximate surface area is 128 Å². The minimum absolute atomic E-state index is 0.202. The number of pyridine rings is 1. The molecule has 0 atom stereocenters. The molecule has 0 aliphatic heterocycles. The van der Waals surface area contributed by atoms with Gasteiger partial charge in [0.25, 0.3) is 5.91 Å². The van der Waals surface area contributed by atoms with Crippen molar-refractivity contribution in [2.75, 3.05) is 5.32 Å². The molecular weight excluding hydrogens is 342 g/mol. The predicted octanol–water partition coefficient (Wildman–Crippen LogP) is 4.00. The fourth-order valence-corrected chi connectivity index (χ4v) is 2.51. The smallest absolute Gasteiger partial charge is 0.277 e. The summed E-state index contributed by atoms with van der Waals surface area (Å²) in [5.74, 6) is -0.342. The molecule has 1 amide bonds. The number of hydrogen-bond donors (Lipinski definition) is 1. The molecule has 3 rings (SSSR count). The van der Waals surface area contributed by atoms with Crippen molar-refractivity contribution in [1.29, 1.82) is 0 Å². The van der Waals surface area contributed by atoms with Gasteiger partial charge in [0.05, 0.1) is 16.2 Å². The maximum Gasteiger partial charge on any atom is 0.277 e. The number of nitrogens with one attached hydrogen (secondary N) is 1. The van der Waals surface area contributed by atoms with Gasteiger partial charge in [-0.25, -0.2) is 4.52 Å². The van der Waals surface area contributed by atoms with Crippen LogP contribution in [-0.2, 0) is 0 Å². The molecule has 6 heteroatoms. The van der Waals surface area contributed by atoms with Gasteiger partial charge in [-0.2, -0.15) is 5.10 Å². The summed E-state index contributed by atoms with van der Waals surface area (Å²) in [5, 5.41) is 7.32. The first kappa shape index (κ1) is 13.1. The molecular formula is C14H9BrClN3O. The Morgan fingerprint density at radius 2 is 1.95 bits per heavy atom. The van der Waals surface area contributed by atoms with Crippen LogP contribution in [0.25, 0.3) is 5.52 Å². The molecule has 2 aromatic heterocycles. The second-order valence-corrected chi connectivity index (χ2v) is 5.36. The fraction of sp³-hybridized carbons (Fsp3) is 0. The molecule has 0 saturated heterocycles. The standard InChI is InChI=1S/C14H9BrClN3O/c15-9-5-1-2-6-10(9)17-14(20)13-12(16)11-7-3-4-8-19(11)18-13/h1-8H,(H,17,20). The van der Waals surface area contributed by atoms with E-state index in [1.807, 2.05) is 36.4 Å². The zero-order valence-corrected chi connectivity index (χ0v) is 12.5. The summed E-state index contributed by atoms with van der Waals surface area (Å²) in [7, 11) is 0.